The van der Waals surface area contributed by atoms with Crippen molar-refractivity contribution >= 4 is 45.1 Å². The van der Waals surface area contributed by atoms with Gasteiger partial charge in [-0.05, 0) is 65.4 Å². The summed E-state index contributed by atoms with van der Waals surface area (Å²) in [6.45, 7) is -0.423. The van der Waals surface area contributed by atoms with Gasteiger partial charge < -0.3 is 19.9 Å². The van der Waals surface area contributed by atoms with Crippen LogP contribution in [0.2, 0.25) is 5.02 Å². The van der Waals surface area contributed by atoms with Gasteiger partial charge in [0.2, 0.25) is 0 Å². The highest BCUT2D eigenvalue weighted by atomic mass is 35.5. The van der Waals surface area contributed by atoms with Gasteiger partial charge in [-0.2, -0.15) is 0 Å². The molecule has 3 aromatic carbocycles. The molecule has 0 aliphatic heterocycles. The van der Waals surface area contributed by atoms with E-state index in [1.54, 1.807) is 61.1 Å². The Balaban J connectivity index is 1.40. The molecule has 9 heteroatoms. The van der Waals surface area contributed by atoms with Crippen LogP contribution in [-0.2, 0) is 0 Å². The summed E-state index contributed by atoms with van der Waals surface area (Å²) in [7, 11) is 0. The number of benzene rings is 3. The predicted molar refractivity (Wildman–Crippen MR) is 141 cm³/mol. The molecule has 2 N–H and O–H groups in total. The van der Waals surface area contributed by atoms with Gasteiger partial charge in [-0.3, -0.25) is 19.1 Å². The number of aliphatic hydroxyl groups is 1. The first kappa shape index (κ1) is 24.3. The molecule has 186 valence electrons. The van der Waals surface area contributed by atoms with Crippen LogP contribution in [-0.4, -0.2) is 46.2 Å². The molecule has 0 unspecified atom stereocenters. The molecule has 1 amide bonds. The van der Waals surface area contributed by atoms with Crippen molar-refractivity contribution in [2.75, 3.05) is 19.8 Å². The van der Waals surface area contributed by atoms with Gasteiger partial charge in [-0.1, -0.05) is 17.7 Å². The van der Waals surface area contributed by atoms with Crippen LogP contribution in [0.1, 0.15) is 15.2 Å². The summed E-state index contributed by atoms with van der Waals surface area (Å²) in [5.74, 6) is 0.633. The minimum Gasteiger partial charge on any atom is -0.483 e. The number of aromatic nitrogens is 2. The average molecular weight is 516 g/mol. The molecule has 0 fully saturated rings. The lowest BCUT2D eigenvalue weighted by molar-refractivity contribution is 0.0835. The van der Waals surface area contributed by atoms with Crippen molar-refractivity contribution in [3.8, 4) is 17.2 Å². The summed E-state index contributed by atoms with van der Waals surface area (Å²) in [6, 6.07) is 19.5. The molecule has 37 heavy (non-hydrogen) atoms. The first-order valence-corrected chi connectivity index (χ1v) is 11.9. The Bertz CT molecular complexity index is 1600. The number of aliphatic hydroxyl groups excluding tert-OH is 1. The number of fused-ring (bicyclic) bond motifs is 2. The molecule has 0 saturated heterocycles. The second kappa shape index (κ2) is 10.7. The number of nitrogens with zero attached hydrogens (tertiary/aromatic N) is 2. The normalized spacial score (nSPS) is 11.0. The first-order valence-electron chi connectivity index (χ1n) is 11.5. The fourth-order valence-electron chi connectivity index (χ4n) is 3.95. The maximum atomic E-state index is 13.2. The van der Waals surface area contributed by atoms with Crippen molar-refractivity contribution < 1.29 is 24.2 Å². The number of hydrogen-bond acceptors (Lipinski definition) is 6. The van der Waals surface area contributed by atoms with Crippen molar-refractivity contribution in [3.63, 3.8) is 0 Å². The Morgan fingerprint density at radius 1 is 0.973 bits per heavy atom. The number of carbonyl (C=O) groups is 2. The van der Waals surface area contributed by atoms with E-state index < -0.39 is 5.91 Å². The standard InChI is InChI=1S/C28H22ClN3O5/c29-21-5-3-19-14-26(24(13-20(19)12-21)28(35)31-9-11-33)36-17-27(34)32-10-7-18-4-6-22(15-25(18)32)37-23-2-1-8-30-16-23/h1-8,10,12-16,33H,9,11,17H2,(H,31,35). The summed E-state index contributed by atoms with van der Waals surface area (Å²) in [5.41, 5.74) is 0.893. The Hall–Kier alpha value is -4.40. The Morgan fingerprint density at radius 2 is 1.84 bits per heavy atom. The number of hydrogen-bond donors (Lipinski definition) is 2. The Morgan fingerprint density at radius 3 is 2.65 bits per heavy atom. The van der Waals surface area contributed by atoms with Gasteiger partial charge in [0.1, 0.15) is 17.2 Å². The summed E-state index contributed by atoms with van der Waals surface area (Å²) in [4.78, 5) is 29.9. The number of ether oxygens (including phenoxy) is 2. The van der Waals surface area contributed by atoms with Crippen molar-refractivity contribution in [3.05, 3.63) is 95.9 Å². The second-order valence-electron chi connectivity index (χ2n) is 8.20. The van der Waals surface area contributed by atoms with Gasteiger partial charge in [0.05, 0.1) is 23.9 Å². The van der Waals surface area contributed by atoms with Crippen molar-refractivity contribution in [1.29, 1.82) is 0 Å². The van der Waals surface area contributed by atoms with E-state index in [9.17, 15) is 9.59 Å². The lowest BCUT2D eigenvalue weighted by atomic mass is 10.1. The highest BCUT2D eigenvalue weighted by Gasteiger charge is 2.17. The van der Waals surface area contributed by atoms with Crippen LogP contribution in [0, 0.1) is 0 Å². The zero-order valence-corrected chi connectivity index (χ0v) is 20.3. The van der Waals surface area contributed by atoms with E-state index in [0.29, 0.717) is 22.0 Å². The largest absolute Gasteiger partial charge is 0.483 e. The van der Waals surface area contributed by atoms with Crippen molar-refractivity contribution in [2.45, 2.75) is 0 Å². The molecule has 0 saturated carbocycles. The van der Waals surface area contributed by atoms with E-state index in [4.69, 9.17) is 26.2 Å². The number of nitrogens with one attached hydrogen (secondary N) is 1. The molecule has 2 aromatic heterocycles. The topological polar surface area (TPSA) is 103 Å². The molecule has 8 nitrogen and oxygen atoms in total. The molecule has 0 aliphatic carbocycles. The third-order valence-corrected chi connectivity index (χ3v) is 5.93. The van der Waals surface area contributed by atoms with E-state index in [2.05, 4.69) is 10.3 Å². The van der Waals surface area contributed by atoms with Gasteiger partial charge in [0.15, 0.2) is 6.61 Å². The molecule has 5 aromatic rings. The van der Waals surface area contributed by atoms with E-state index in [1.165, 1.54) is 4.57 Å². The summed E-state index contributed by atoms with van der Waals surface area (Å²) >= 11 is 6.11. The quantitative estimate of drug-likeness (QED) is 0.299. The molecule has 0 radical (unpaired) electrons. The monoisotopic (exact) mass is 515 g/mol. The van der Waals surface area contributed by atoms with E-state index in [-0.39, 0.29) is 37.0 Å². The number of rotatable bonds is 8. The zero-order valence-electron chi connectivity index (χ0n) is 19.6. The molecular weight excluding hydrogens is 494 g/mol. The second-order valence-corrected chi connectivity index (χ2v) is 8.64. The van der Waals surface area contributed by atoms with Crippen LogP contribution in [0.25, 0.3) is 21.7 Å². The molecule has 0 bridgehead atoms. The lowest BCUT2D eigenvalue weighted by Crippen LogP contribution is -2.27. The molecule has 0 atom stereocenters. The number of pyridine rings is 1. The van der Waals surface area contributed by atoms with Gasteiger partial charge in [0, 0.05) is 35.4 Å². The third-order valence-electron chi connectivity index (χ3n) is 5.70. The number of halogens is 1. The fourth-order valence-corrected chi connectivity index (χ4v) is 4.13. The smallest absolute Gasteiger partial charge is 0.268 e. The van der Waals surface area contributed by atoms with Gasteiger partial charge in [0.25, 0.3) is 11.8 Å². The molecule has 0 spiro atoms. The molecular formula is C28H22ClN3O5. The van der Waals surface area contributed by atoms with Crippen LogP contribution >= 0.6 is 11.6 Å². The van der Waals surface area contributed by atoms with Crippen molar-refractivity contribution in [2.24, 2.45) is 0 Å². The molecule has 5 rings (SSSR count). The van der Waals surface area contributed by atoms with Crippen LogP contribution < -0.4 is 14.8 Å². The highest BCUT2D eigenvalue weighted by molar-refractivity contribution is 6.31. The minimum absolute atomic E-state index is 0.0869. The number of carbonyl (C=O) groups excluding carboxylic acids is 2. The molecule has 2 heterocycles. The number of amides is 1. The zero-order chi connectivity index (χ0) is 25.8. The lowest BCUT2D eigenvalue weighted by Gasteiger charge is -2.14. The maximum absolute atomic E-state index is 13.2. The average Bonchev–Trinajstić information content (AvgIpc) is 3.34. The summed E-state index contributed by atoms with van der Waals surface area (Å²) in [6.07, 6.45) is 4.93. The summed E-state index contributed by atoms with van der Waals surface area (Å²) < 4.78 is 13.2. The van der Waals surface area contributed by atoms with Gasteiger partial charge in [-0.15, -0.1) is 0 Å². The fraction of sp³-hybridized carbons (Fsp3) is 0.107. The van der Waals surface area contributed by atoms with E-state index in [0.717, 1.165) is 16.2 Å². The minimum atomic E-state index is -0.429. The molecule has 0 aliphatic rings. The van der Waals surface area contributed by atoms with Crippen LogP contribution in [0.15, 0.2) is 85.3 Å². The van der Waals surface area contributed by atoms with Crippen molar-refractivity contribution in [1.82, 2.24) is 14.9 Å². The predicted octanol–water partition coefficient (Wildman–Crippen LogP) is 5.08. The maximum Gasteiger partial charge on any atom is 0.268 e. The highest BCUT2D eigenvalue weighted by Crippen LogP contribution is 2.29. The SMILES string of the molecule is O=C(NCCO)c1cc2cc(Cl)ccc2cc1OCC(=O)n1ccc2ccc(Oc3cccnc3)cc21. The van der Waals surface area contributed by atoms with E-state index >= 15 is 0 Å². The first-order chi connectivity index (χ1) is 18.0. The summed E-state index contributed by atoms with van der Waals surface area (Å²) in [5, 5.41) is 14.7. The Labute approximate surface area is 217 Å². The van der Waals surface area contributed by atoms with Crippen LogP contribution in [0.5, 0.6) is 17.2 Å². The van der Waals surface area contributed by atoms with Gasteiger partial charge >= 0.3 is 0 Å². The van der Waals surface area contributed by atoms with E-state index in [1.807, 2.05) is 24.3 Å². The third kappa shape index (κ3) is 5.40. The van der Waals surface area contributed by atoms with Gasteiger partial charge in [-0.25, -0.2) is 0 Å². The Kier molecular flexibility index (Phi) is 7.02. The van der Waals surface area contributed by atoms with Crippen LogP contribution in [0.4, 0.5) is 0 Å². The van der Waals surface area contributed by atoms with Crippen LogP contribution in [0.3, 0.4) is 0 Å².